The molecular weight excluding hydrogens is 290 g/mol. The zero-order valence-corrected chi connectivity index (χ0v) is 13.8. The average Bonchev–Trinajstić information content (AvgIpc) is 3.16. The molecule has 1 aromatic carbocycles. The van der Waals surface area contributed by atoms with Crippen molar-refractivity contribution in [2.45, 2.75) is 39.7 Å². The van der Waals surface area contributed by atoms with Gasteiger partial charge in [-0.1, -0.05) is 24.2 Å². The number of likely N-dealkylation sites (tertiary alicyclic amines) is 1. The summed E-state index contributed by atoms with van der Waals surface area (Å²) in [4.78, 5) is 15.0. The minimum atomic E-state index is -0.154. The lowest BCUT2D eigenvalue weighted by Crippen LogP contribution is -2.18. The summed E-state index contributed by atoms with van der Waals surface area (Å²) in [7, 11) is 0. The number of aryl methyl sites for hydroxylation is 2. The zero-order chi connectivity index (χ0) is 16.2. The van der Waals surface area contributed by atoms with Gasteiger partial charge in [0.15, 0.2) is 0 Å². The molecule has 1 aliphatic heterocycles. The highest BCUT2D eigenvalue weighted by Gasteiger charge is 2.19. The minimum absolute atomic E-state index is 0.154. The molecule has 0 unspecified atom stereocenters. The normalized spacial score (nSPS) is 15.0. The largest absolute Gasteiger partial charge is 0.361 e. The van der Waals surface area contributed by atoms with Gasteiger partial charge in [0.05, 0.1) is 5.69 Å². The van der Waals surface area contributed by atoms with Gasteiger partial charge in [0, 0.05) is 12.2 Å². The van der Waals surface area contributed by atoms with E-state index in [9.17, 15) is 4.79 Å². The first-order valence-corrected chi connectivity index (χ1v) is 8.25. The number of hydrogen-bond acceptors (Lipinski definition) is 4. The second-order valence-corrected chi connectivity index (χ2v) is 6.05. The van der Waals surface area contributed by atoms with Crippen molar-refractivity contribution in [2.75, 3.05) is 18.4 Å². The third-order valence-electron chi connectivity index (χ3n) is 4.29. The Morgan fingerprint density at radius 3 is 2.87 bits per heavy atom. The van der Waals surface area contributed by atoms with Gasteiger partial charge in [-0.25, -0.2) is 0 Å². The summed E-state index contributed by atoms with van der Waals surface area (Å²) in [5.74, 6) is 0.409. The number of anilines is 1. The summed E-state index contributed by atoms with van der Waals surface area (Å²) < 4.78 is 5.14. The lowest BCUT2D eigenvalue weighted by atomic mass is 10.1. The van der Waals surface area contributed by atoms with Crippen molar-refractivity contribution in [2.24, 2.45) is 0 Å². The first kappa shape index (κ1) is 15.7. The van der Waals surface area contributed by atoms with Crippen LogP contribution in [0.5, 0.6) is 0 Å². The van der Waals surface area contributed by atoms with Crippen molar-refractivity contribution >= 4 is 11.6 Å². The molecule has 122 valence electrons. The number of amides is 1. The van der Waals surface area contributed by atoms with Gasteiger partial charge in [0.25, 0.3) is 5.91 Å². The summed E-state index contributed by atoms with van der Waals surface area (Å²) >= 11 is 0. The van der Waals surface area contributed by atoms with E-state index in [1.807, 2.05) is 25.1 Å². The van der Waals surface area contributed by atoms with Crippen molar-refractivity contribution in [1.82, 2.24) is 10.1 Å². The molecule has 5 nitrogen and oxygen atoms in total. The van der Waals surface area contributed by atoms with Gasteiger partial charge in [-0.15, -0.1) is 0 Å². The van der Waals surface area contributed by atoms with Crippen molar-refractivity contribution in [1.29, 1.82) is 0 Å². The predicted octanol–water partition coefficient (Wildman–Crippen LogP) is 3.39. The van der Waals surface area contributed by atoms with Crippen LogP contribution in [0.1, 0.15) is 47.1 Å². The van der Waals surface area contributed by atoms with E-state index in [4.69, 9.17) is 4.52 Å². The molecule has 2 heterocycles. The fourth-order valence-electron chi connectivity index (χ4n) is 3.09. The van der Waals surface area contributed by atoms with E-state index in [1.54, 1.807) is 6.92 Å². The number of hydrogen-bond donors (Lipinski definition) is 1. The van der Waals surface area contributed by atoms with E-state index in [0.717, 1.165) is 25.3 Å². The molecule has 2 aromatic rings. The molecule has 1 saturated heterocycles. The van der Waals surface area contributed by atoms with E-state index >= 15 is 0 Å². The number of aromatic nitrogens is 1. The molecule has 0 saturated carbocycles. The Kier molecular flexibility index (Phi) is 4.76. The molecule has 0 radical (unpaired) electrons. The molecule has 1 aromatic heterocycles. The number of benzene rings is 1. The molecule has 3 rings (SSSR count). The van der Waals surface area contributed by atoms with E-state index < -0.39 is 0 Å². The number of nitrogens with one attached hydrogen (secondary N) is 1. The van der Waals surface area contributed by atoms with Crippen molar-refractivity contribution in [3.8, 4) is 0 Å². The molecule has 23 heavy (non-hydrogen) atoms. The maximum absolute atomic E-state index is 12.5. The maximum Gasteiger partial charge on any atom is 0.261 e. The van der Waals surface area contributed by atoms with E-state index in [2.05, 4.69) is 21.4 Å². The smallest absolute Gasteiger partial charge is 0.261 e. The average molecular weight is 313 g/mol. The molecule has 5 heteroatoms. The first-order chi connectivity index (χ1) is 11.2. The molecular formula is C18H23N3O2. The monoisotopic (exact) mass is 313 g/mol. The zero-order valence-electron chi connectivity index (χ0n) is 13.8. The number of rotatable bonds is 5. The summed E-state index contributed by atoms with van der Waals surface area (Å²) in [5.41, 5.74) is 3.29. The predicted molar refractivity (Wildman–Crippen MR) is 89.5 cm³/mol. The lowest BCUT2D eigenvalue weighted by Gasteiger charge is -2.15. The number of nitrogens with zero attached hydrogens (tertiary/aromatic N) is 2. The second kappa shape index (κ2) is 6.96. The van der Waals surface area contributed by atoms with Crippen LogP contribution in [0.15, 0.2) is 28.8 Å². The fourth-order valence-corrected chi connectivity index (χ4v) is 3.09. The lowest BCUT2D eigenvalue weighted by molar-refractivity contribution is 0.102. The molecule has 0 atom stereocenters. The summed E-state index contributed by atoms with van der Waals surface area (Å²) in [5, 5.41) is 6.91. The second-order valence-electron chi connectivity index (χ2n) is 6.05. The highest BCUT2D eigenvalue weighted by atomic mass is 16.5. The van der Waals surface area contributed by atoms with E-state index in [1.165, 1.54) is 18.4 Å². The van der Waals surface area contributed by atoms with Gasteiger partial charge in [-0.2, -0.15) is 0 Å². The Morgan fingerprint density at radius 1 is 1.35 bits per heavy atom. The van der Waals surface area contributed by atoms with Crippen molar-refractivity contribution < 1.29 is 9.32 Å². The third kappa shape index (κ3) is 3.62. The Bertz CT molecular complexity index is 687. The molecule has 1 fully saturated rings. The van der Waals surface area contributed by atoms with Crippen LogP contribution in [0, 0.1) is 6.92 Å². The standard InChI is InChI=1S/C18H23N3O2/c1-3-16-17(13(2)23-20-16)18(22)19-15-8-6-7-14(11-15)12-21-9-4-5-10-21/h6-8,11H,3-5,9-10,12H2,1-2H3,(H,19,22). The van der Waals surface area contributed by atoms with Crippen LogP contribution in [0.25, 0.3) is 0 Å². The van der Waals surface area contributed by atoms with Crippen LogP contribution in [-0.4, -0.2) is 29.1 Å². The van der Waals surface area contributed by atoms with Crippen molar-refractivity contribution in [3.63, 3.8) is 0 Å². The SMILES string of the molecule is CCc1noc(C)c1C(=O)Nc1cccc(CN2CCCC2)c1. The topological polar surface area (TPSA) is 58.4 Å². The van der Waals surface area contributed by atoms with Crippen LogP contribution in [-0.2, 0) is 13.0 Å². The van der Waals surface area contributed by atoms with Gasteiger partial charge in [-0.3, -0.25) is 9.69 Å². The number of carbonyl (C=O) groups excluding carboxylic acids is 1. The summed E-state index contributed by atoms with van der Waals surface area (Å²) in [6.45, 7) is 7.00. The van der Waals surface area contributed by atoms with Crippen molar-refractivity contribution in [3.05, 3.63) is 46.8 Å². The van der Waals surface area contributed by atoms with Crippen LogP contribution in [0.3, 0.4) is 0 Å². The van der Waals surface area contributed by atoms with Gasteiger partial charge >= 0.3 is 0 Å². The van der Waals surface area contributed by atoms with Crippen LogP contribution < -0.4 is 5.32 Å². The van der Waals surface area contributed by atoms with Crippen LogP contribution in [0.2, 0.25) is 0 Å². The molecule has 1 N–H and O–H groups in total. The van der Waals surface area contributed by atoms with Gasteiger partial charge in [-0.05, 0) is 57.0 Å². The maximum atomic E-state index is 12.5. The Morgan fingerprint density at radius 2 is 2.13 bits per heavy atom. The first-order valence-electron chi connectivity index (χ1n) is 8.25. The molecule has 0 spiro atoms. The highest BCUT2D eigenvalue weighted by Crippen LogP contribution is 2.19. The van der Waals surface area contributed by atoms with Gasteiger partial charge in [0.2, 0.25) is 0 Å². The van der Waals surface area contributed by atoms with Crippen LogP contribution >= 0.6 is 0 Å². The third-order valence-corrected chi connectivity index (χ3v) is 4.29. The summed E-state index contributed by atoms with van der Waals surface area (Å²) in [6, 6.07) is 8.06. The van der Waals surface area contributed by atoms with E-state index in [-0.39, 0.29) is 5.91 Å². The Balaban J connectivity index is 1.72. The highest BCUT2D eigenvalue weighted by molar-refractivity contribution is 6.05. The minimum Gasteiger partial charge on any atom is -0.361 e. The molecule has 0 bridgehead atoms. The Labute approximate surface area is 136 Å². The summed E-state index contributed by atoms with van der Waals surface area (Å²) in [6.07, 6.45) is 3.24. The molecule has 1 aliphatic rings. The number of carbonyl (C=O) groups is 1. The molecule has 0 aliphatic carbocycles. The van der Waals surface area contributed by atoms with E-state index in [0.29, 0.717) is 23.4 Å². The fraction of sp³-hybridized carbons (Fsp3) is 0.444. The van der Waals surface area contributed by atoms with Crippen LogP contribution in [0.4, 0.5) is 5.69 Å². The molecule has 1 amide bonds. The van der Waals surface area contributed by atoms with Gasteiger partial charge in [0.1, 0.15) is 11.3 Å². The van der Waals surface area contributed by atoms with Gasteiger partial charge < -0.3 is 9.84 Å². The quantitative estimate of drug-likeness (QED) is 0.919. The Hall–Kier alpha value is -2.14.